The maximum atomic E-state index is 12.0. The summed E-state index contributed by atoms with van der Waals surface area (Å²) >= 11 is 0. The van der Waals surface area contributed by atoms with Crippen LogP contribution in [0.25, 0.3) is 22.5 Å². The van der Waals surface area contributed by atoms with E-state index >= 15 is 0 Å². The molecule has 2 heterocycles. The molecule has 0 saturated heterocycles. The molecule has 116 valence electrons. The lowest BCUT2D eigenvalue weighted by atomic mass is 9.95. The van der Waals surface area contributed by atoms with Crippen LogP contribution in [-0.4, -0.2) is 4.98 Å². The number of aryl methyl sites for hydroxylation is 1. The molecule has 0 aliphatic heterocycles. The van der Waals surface area contributed by atoms with Crippen molar-refractivity contribution in [1.82, 2.24) is 4.98 Å². The predicted octanol–water partition coefficient (Wildman–Crippen LogP) is 2.94. The van der Waals surface area contributed by atoms with E-state index in [-0.39, 0.29) is 22.5 Å². The van der Waals surface area contributed by atoms with Gasteiger partial charge in [0.05, 0.1) is 0 Å². The zero-order valence-electron chi connectivity index (χ0n) is 12.8. The van der Waals surface area contributed by atoms with E-state index in [0.717, 1.165) is 11.3 Å². The van der Waals surface area contributed by atoms with Gasteiger partial charge in [0.2, 0.25) is 0 Å². The molecule has 0 saturated carbocycles. The van der Waals surface area contributed by atoms with Crippen LogP contribution in [0.15, 0.2) is 45.6 Å². The zero-order valence-corrected chi connectivity index (χ0v) is 12.8. The molecule has 3 aromatic rings. The van der Waals surface area contributed by atoms with Gasteiger partial charge >= 0.3 is 0 Å². The number of nitrogens with two attached hydrogens (primary N) is 1. The van der Waals surface area contributed by atoms with E-state index in [1.807, 2.05) is 37.3 Å². The molecule has 0 amide bonds. The van der Waals surface area contributed by atoms with Crippen molar-refractivity contribution in [3.05, 3.63) is 63.6 Å². The van der Waals surface area contributed by atoms with Gasteiger partial charge in [0.15, 0.2) is 0 Å². The highest BCUT2D eigenvalue weighted by Gasteiger charge is 2.18. The van der Waals surface area contributed by atoms with Crippen molar-refractivity contribution in [1.29, 1.82) is 10.5 Å². The van der Waals surface area contributed by atoms with E-state index in [1.165, 1.54) is 0 Å². The molecule has 2 aromatic heterocycles. The van der Waals surface area contributed by atoms with Crippen molar-refractivity contribution in [2.75, 3.05) is 5.73 Å². The number of H-pyrrole nitrogens is 1. The fraction of sp³-hybridized carbons (Fsp3) is 0.0556. The first-order chi connectivity index (χ1) is 11.5. The van der Waals surface area contributed by atoms with Gasteiger partial charge in [0.25, 0.3) is 5.56 Å². The Hall–Kier alpha value is -3.77. The molecule has 0 aliphatic carbocycles. The van der Waals surface area contributed by atoms with Crippen LogP contribution in [0.4, 0.5) is 5.82 Å². The first-order valence-corrected chi connectivity index (χ1v) is 7.08. The topological polar surface area (TPSA) is 120 Å². The predicted molar refractivity (Wildman–Crippen MR) is 88.8 cm³/mol. The zero-order chi connectivity index (χ0) is 17.3. The van der Waals surface area contributed by atoms with Crippen molar-refractivity contribution in [2.24, 2.45) is 0 Å². The summed E-state index contributed by atoms with van der Waals surface area (Å²) in [5.41, 5.74) is 6.59. The number of furan rings is 1. The summed E-state index contributed by atoms with van der Waals surface area (Å²) in [7, 11) is 0. The number of hydrogen-bond donors (Lipinski definition) is 2. The number of rotatable bonds is 2. The number of hydrogen-bond acceptors (Lipinski definition) is 5. The van der Waals surface area contributed by atoms with E-state index < -0.39 is 5.56 Å². The normalized spacial score (nSPS) is 10.1. The molecule has 3 rings (SSSR count). The molecule has 0 unspecified atom stereocenters. The fourth-order valence-corrected chi connectivity index (χ4v) is 2.55. The Kier molecular flexibility index (Phi) is 3.65. The van der Waals surface area contributed by atoms with Crippen LogP contribution >= 0.6 is 0 Å². The first kappa shape index (κ1) is 15.1. The van der Waals surface area contributed by atoms with Gasteiger partial charge in [-0.15, -0.1) is 0 Å². The monoisotopic (exact) mass is 316 g/mol. The summed E-state index contributed by atoms with van der Waals surface area (Å²) in [4.78, 5) is 14.3. The minimum absolute atomic E-state index is 0.0595. The number of anilines is 1. The van der Waals surface area contributed by atoms with E-state index in [9.17, 15) is 15.3 Å². The van der Waals surface area contributed by atoms with Crippen LogP contribution < -0.4 is 11.3 Å². The molecular weight excluding hydrogens is 304 g/mol. The summed E-state index contributed by atoms with van der Waals surface area (Å²) in [6.07, 6.45) is 0. The van der Waals surface area contributed by atoms with E-state index in [1.54, 1.807) is 18.2 Å². The second kappa shape index (κ2) is 5.79. The highest BCUT2D eigenvalue weighted by molar-refractivity contribution is 5.82. The van der Waals surface area contributed by atoms with Crippen molar-refractivity contribution in [3.8, 4) is 34.6 Å². The summed E-state index contributed by atoms with van der Waals surface area (Å²) in [6, 6.07) is 14.6. The standard InChI is InChI=1S/C18H12N4O2/c1-10-5-6-15(24-10)11-3-2-4-12(7-11)16-13(8-19)17(21)22-18(23)14(16)9-20/h2-7H,1H3,(H3,21,22,23). The molecule has 6 heteroatoms. The third-order valence-electron chi connectivity index (χ3n) is 3.64. The molecule has 3 N–H and O–H groups in total. The van der Waals surface area contributed by atoms with Crippen LogP contribution in [0.3, 0.4) is 0 Å². The fourth-order valence-electron chi connectivity index (χ4n) is 2.55. The number of nitriles is 2. The molecule has 0 fully saturated rings. The highest BCUT2D eigenvalue weighted by Crippen LogP contribution is 2.31. The SMILES string of the molecule is Cc1ccc(-c2cccc(-c3c(C#N)c(N)[nH]c(=O)c3C#N)c2)o1. The molecule has 6 nitrogen and oxygen atoms in total. The van der Waals surface area contributed by atoms with Crippen LogP contribution in [-0.2, 0) is 0 Å². The Morgan fingerprint density at radius 1 is 1.08 bits per heavy atom. The summed E-state index contributed by atoms with van der Waals surface area (Å²) in [5, 5.41) is 18.7. The number of nitrogens with zero attached hydrogens (tertiary/aromatic N) is 2. The largest absolute Gasteiger partial charge is 0.461 e. The Morgan fingerprint density at radius 2 is 1.79 bits per heavy atom. The molecular formula is C18H12N4O2. The van der Waals surface area contributed by atoms with Gasteiger partial charge in [-0.25, -0.2) is 0 Å². The minimum atomic E-state index is -0.622. The Balaban J connectivity index is 2.30. The molecule has 0 spiro atoms. The minimum Gasteiger partial charge on any atom is -0.461 e. The Labute approximate surface area is 137 Å². The van der Waals surface area contributed by atoms with Gasteiger partial charge in [-0.2, -0.15) is 10.5 Å². The summed E-state index contributed by atoms with van der Waals surface area (Å²) in [6.45, 7) is 1.84. The third kappa shape index (κ3) is 2.43. The number of nitrogens with one attached hydrogen (secondary N) is 1. The van der Waals surface area contributed by atoms with Crippen molar-refractivity contribution >= 4 is 5.82 Å². The maximum Gasteiger partial charge on any atom is 0.268 e. The molecule has 0 atom stereocenters. The van der Waals surface area contributed by atoms with E-state index in [4.69, 9.17) is 10.2 Å². The maximum absolute atomic E-state index is 12.0. The number of benzene rings is 1. The second-order valence-corrected chi connectivity index (χ2v) is 5.21. The molecule has 0 bridgehead atoms. The summed E-state index contributed by atoms with van der Waals surface area (Å²) in [5.74, 6) is 1.37. The van der Waals surface area contributed by atoms with Gasteiger partial charge in [-0.05, 0) is 30.7 Å². The average Bonchev–Trinajstić information content (AvgIpc) is 3.01. The summed E-state index contributed by atoms with van der Waals surface area (Å²) < 4.78 is 5.60. The quantitative estimate of drug-likeness (QED) is 0.753. The van der Waals surface area contributed by atoms with Crippen molar-refractivity contribution in [2.45, 2.75) is 6.92 Å². The average molecular weight is 316 g/mol. The lowest BCUT2D eigenvalue weighted by Crippen LogP contribution is -2.16. The lowest BCUT2D eigenvalue weighted by molar-refractivity contribution is 0.548. The smallest absolute Gasteiger partial charge is 0.268 e. The van der Waals surface area contributed by atoms with Crippen LogP contribution in [0.2, 0.25) is 0 Å². The van der Waals surface area contributed by atoms with Gasteiger partial charge in [-0.1, -0.05) is 18.2 Å². The number of nitrogen functional groups attached to an aromatic ring is 1. The number of aromatic nitrogens is 1. The van der Waals surface area contributed by atoms with Crippen LogP contribution in [0, 0.1) is 29.6 Å². The van der Waals surface area contributed by atoms with Gasteiger partial charge in [-0.3, -0.25) is 4.79 Å². The molecule has 0 aliphatic rings. The first-order valence-electron chi connectivity index (χ1n) is 7.08. The van der Waals surface area contributed by atoms with E-state index in [0.29, 0.717) is 11.3 Å². The van der Waals surface area contributed by atoms with E-state index in [2.05, 4.69) is 4.98 Å². The van der Waals surface area contributed by atoms with Crippen molar-refractivity contribution in [3.63, 3.8) is 0 Å². The van der Waals surface area contributed by atoms with Crippen LogP contribution in [0.5, 0.6) is 0 Å². The number of pyridine rings is 1. The molecule has 0 radical (unpaired) electrons. The number of aromatic amines is 1. The molecule has 1 aromatic carbocycles. The Bertz CT molecular complexity index is 1080. The molecule has 24 heavy (non-hydrogen) atoms. The third-order valence-corrected chi connectivity index (χ3v) is 3.64. The lowest BCUT2D eigenvalue weighted by Gasteiger charge is -2.09. The Morgan fingerprint density at radius 3 is 2.42 bits per heavy atom. The van der Waals surface area contributed by atoms with Gasteiger partial charge < -0.3 is 15.1 Å². The highest BCUT2D eigenvalue weighted by atomic mass is 16.3. The van der Waals surface area contributed by atoms with Crippen molar-refractivity contribution < 1.29 is 4.42 Å². The van der Waals surface area contributed by atoms with Gasteiger partial charge in [0.1, 0.15) is 40.6 Å². The second-order valence-electron chi connectivity index (χ2n) is 5.21. The van der Waals surface area contributed by atoms with Crippen LogP contribution in [0.1, 0.15) is 16.9 Å². The van der Waals surface area contributed by atoms with Gasteiger partial charge in [0, 0.05) is 11.1 Å².